The molecule has 3 aromatic rings. The fourth-order valence-corrected chi connectivity index (χ4v) is 4.73. The first-order valence-electron chi connectivity index (χ1n) is 10.8. The Morgan fingerprint density at radius 3 is 2.25 bits per heavy atom. The van der Waals surface area contributed by atoms with Crippen molar-refractivity contribution < 1.29 is 14.2 Å². The van der Waals surface area contributed by atoms with Gasteiger partial charge in [-0.05, 0) is 52.0 Å². The molecule has 5 rings (SSSR count). The van der Waals surface area contributed by atoms with Crippen LogP contribution in [0.15, 0.2) is 48.5 Å². The largest absolute Gasteiger partial charge is 0.494 e. The number of rotatable bonds is 3. The number of benzene rings is 2. The van der Waals surface area contributed by atoms with E-state index in [0.29, 0.717) is 18.4 Å². The highest BCUT2D eigenvalue weighted by atomic mass is 16.8. The highest BCUT2D eigenvalue weighted by Crippen LogP contribution is 2.51. The van der Waals surface area contributed by atoms with Crippen molar-refractivity contribution in [3.05, 3.63) is 65.4 Å². The van der Waals surface area contributed by atoms with Crippen LogP contribution in [0.3, 0.4) is 0 Å². The van der Waals surface area contributed by atoms with Crippen LogP contribution in [0.2, 0.25) is 0 Å². The molecule has 1 fully saturated rings. The normalized spacial score (nSPS) is 19.6. The quantitative estimate of drug-likeness (QED) is 0.597. The number of aromatic nitrogens is 2. The van der Waals surface area contributed by atoms with Gasteiger partial charge >= 0.3 is 0 Å². The van der Waals surface area contributed by atoms with E-state index in [4.69, 9.17) is 19.3 Å². The van der Waals surface area contributed by atoms with Gasteiger partial charge in [-0.25, -0.2) is 4.68 Å². The summed E-state index contributed by atoms with van der Waals surface area (Å²) >= 11 is 0. The molecular formula is C26H27N3O3. The molecule has 1 aliphatic heterocycles. The van der Waals surface area contributed by atoms with Crippen LogP contribution in [0.4, 0.5) is 0 Å². The van der Waals surface area contributed by atoms with Crippen LogP contribution < -0.4 is 4.74 Å². The molecule has 0 atom stereocenters. The van der Waals surface area contributed by atoms with Crippen molar-refractivity contribution in [3.8, 4) is 28.8 Å². The van der Waals surface area contributed by atoms with Gasteiger partial charge in [0, 0.05) is 24.0 Å². The Kier molecular flexibility index (Phi) is 4.49. The lowest BCUT2D eigenvalue weighted by Gasteiger charge is -2.30. The molecule has 1 aromatic heterocycles. The average molecular weight is 430 g/mol. The maximum atomic E-state index is 9.24. The van der Waals surface area contributed by atoms with E-state index in [2.05, 4.69) is 33.8 Å². The third kappa shape index (κ3) is 3.04. The molecule has 6 nitrogen and oxygen atoms in total. The number of nitriles is 1. The summed E-state index contributed by atoms with van der Waals surface area (Å²) in [4.78, 5) is 0. The predicted molar refractivity (Wildman–Crippen MR) is 121 cm³/mol. The van der Waals surface area contributed by atoms with E-state index >= 15 is 0 Å². The molecule has 0 saturated carbocycles. The summed E-state index contributed by atoms with van der Waals surface area (Å²) < 4.78 is 20.6. The minimum atomic E-state index is -0.716. The molecule has 2 aromatic carbocycles. The Bertz CT molecular complexity index is 1220. The summed E-state index contributed by atoms with van der Waals surface area (Å²) in [6.07, 6.45) is 1.19. The third-order valence-corrected chi connectivity index (χ3v) is 6.88. The van der Waals surface area contributed by atoms with Crippen LogP contribution in [-0.2, 0) is 22.3 Å². The van der Waals surface area contributed by atoms with Gasteiger partial charge in [0.1, 0.15) is 11.4 Å². The molecule has 2 aliphatic rings. The van der Waals surface area contributed by atoms with Crippen LogP contribution in [0, 0.1) is 11.3 Å². The molecule has 0 radical (unpaired) electrons. The van der Waals surface area contributed by atoms with E-state index in [1.807, 2.05) is 53.2 Å². The van der Waals surface area contributed by atoms with Crippen LogP contribution >= 0.6 is 0 Å². The topological polar surface area (TPSA) is 69.3 Å². The van der Waals surface area contributed by atoms with Crippen molar-refractivity contribution in [1.82, 2.24) is 9.78 Å². The van der Waals surface area contributed by atoms with E-state index < -0.39 is 17.0 Å². The van der Waals surface area contributed by atoms with E-state index in [1.165, 1.54) is 0 Å². The van der Waals surface area contributed by atoms with Gasteiger partial charge in [-0.3, -0.25) is 0 Å². The molecule has 1 saturated heterocycles. The molecular weight excluding hydrogens is 402 g/mol. The van der Waals surface area contributed by atoms with Gasteiger partial charge in [0.15, 0.2) is 5.79 Å². The Balaban J connectivity index is 1.66. The van der Waals surface area contributed by atoms with Crippen molar-refractivity contribution in [1.29, 1.82) is 5.26 Å². The van der Waals surface area contributed by atoms with Gasteiger partial charge in [0.25, 0.3) is 0 Å². The SMILES string of the molecule is COc1ccccc1-n1nc2c(c1-c1ccc(C#N)cc1)CC1(C2)OC(C)(C)C(C)(C)O1. The van der Waals surface area contributed by atoms with E-state index in [9.17, 15) is 5.26 Å². The van der Waals surface area contributed by atoms with Crippen molar-refractivity contribution in [3.63, 3.8) is 0 Å². The molecule has 164 valence electrons. The number of methoxy groups -OCH3 is 1. The summed E-state index contributed by atoms with van der Waals surface area (Å²) in [6, 6.07) is 17.6. The maximum Gasteiger partial charge on any atom is 0.179 e. The van der Waals surface area contributed by atoms with Gasteiger partial charge in [-0.2, -0.15) is 10.4 Å². The smallest absolute Gasteiger partial charge is 0.179 e. The molecule has 0 N–H and O–H groups in total. The first-order valence-corrected chi connectivity index (χ1v) is 10.8. The Morgan fingerprint density at radius 2 is 1.62 bits per heavy atom. The maximum absolute atomic E-state index is 9.24. The zero-order chi connectivity index (χ0) is 22.7. The first kappa shape index (κ1) is 20.7. The summed E-state index contributed by atoms with van der Waals surface area (Å²) in [5, 5.41) is 14.2. The van der Waals surface area contributed by atoms with Crippen LogP contribution in [0.1, 0.15) is 44.5 Å². The zero-order valence-corrected chi connectivity index (χ0v) is 19.1. The van der Waals surface area contributed by atoms with Gasteiger partial charge in [-0.1, -0.05) is 24.3 Å². The molecule has 6 heteroatoms. The standard InChI is InChI=1S/C26H27N3O3/c1-24(2)25(3,4)32-26(31-24)14-19-20(15-26)28-29(21-8-6-7-9-22(21)30-5)23(19)18-12-10-17(16-27)11-13-18/h6-13H,14-15H2,1-5H3. The molecule has 0 bridgehead atoms. The average Bonchev–Trinajstić information content (AvgIpc) is 3.32. The molecule has 32 heavy (non-hydrogen) atoms. The number of hydrogen-bond acceptors (Lipinski definition) is 5. The van der Waals surface area contributed by atoms with E-state index in [-0.39, 0.29) is 0 Å². The lowest BCUT2D eigenvalue weighted by Crippen LogP contribution is -2.41. The predicted octanol–water partition coefficient (Wildman–Crippen LogP) is 4.82. The third-order valence-electron chi connectivity index (χ3n) is 6.88. The van der Waals surface area contributed by atoms with Gasteiger partial charge in [-0.15, -0.1) is 0 Å². The fraction of sp³-hybridized carbons (Fsp3) is 0.385. The van der Waals surface area contributed by atoms with Gasteiger partial charge in [0.05, 0.1) is 41.3 Å². The lowest BCUT2D eigenvalue weighted by atomic mass is 9.90. The summed E-state index contributed by atoms with van der Waals surface area (Å²) in [6.45, 7) is 8.31. The number of ether oxygens (including phenoxy) is 3. The highest BCUT2D eigenvalue weighted by molar-refractivity contribution is 5.70. The number of nitrogens with zero attached hydrogens (tertiary/aromatic N) is 3. The lowest BCUT2D eigenvalue weighted by molar-refractivity contribution is -0.183. The highest BCUT2D eigenvalue weighted by Gasteiger charge is 2.59. The molecule has 2 heterocycles. The summed E-state index contributed by atoms with van der Waals surface area (Å²) in [7, 11) is 1.66. The fourth-order valence-electron chi connectivity index (χ4n) is 4.73. The van der Waals surface area contributed by atoms with Crippen molar-refractivity contribution >= 4 is 0 Å². The van der Waals surface area contributed by atoms with Crippen LogP contribution in [0.25, 0.3) is 16.9 Å². The Labute approximate surface area is 188 Å². The van der Waals surface area contributed by atoms with E-state index in [0.717, 1.165) is 34.0 Å². The minimum Gasteiger partial charge on any atom is -0.494 e. The van der Waals surface area contributed by atoms with Crippen LogP contribution in [-0.4, -0.2) is 33.9 Å². The van der Waals surface area contributed by atoms with Crippen molar-refractivity contribution in [2.75, 3.05) is 7.11 Å². The van der Waals surface area contributed by atoms with Gasteiger partial charge < -0.3 is 14.2 Å². The number of fused-ring (bicyclic) bond motifs is 1. The zero-order valence-electron chi connectivity index (χ0n) is 19.1. The number of para-hydroxylation sites is 2. The van der Waals surface area contributed by atoms with Crippen molar-refractivity contribution in [2.45, 2.75) is 57.5 Å². The number of hydrogen-bond donors (Lipinski definition) is 0. The summed E-state index contributed by atoms with van der Waals surface area (Å²) in [5.41, 5.74) is 4.69. The Morgan fingerprint density at radius 1 is 0.969 bits per heavy atom. The Hall–Kier alpha value is -3.14. The van der Waals surface area contributed by atoms with Crippen LogP contribution in [0.5, 0.6) is 5.75 Å². The second kappa shape index (κ2) is 6.93. The van der Waals surface area contributed by atoms with E-state index in [1.54, 1.807) is 7.11 Å². The van der Waals surface area contributed by atoms with Gasteiger partial charge in [0.2, 0.25) is 0 Å². The second-order valence-corrected chi connectivity index (χ2v) is 9.54. The molecule has 0 unspecified atom stereocenters. The summed E-state index contributed by atoms with van der Waals surface area (Å²) in [5.74, 6) is 0.0280. The molecule has 0 amide bonds. The molecule has 1 aliphatic carbocycles. The molecule has 1 spiro atoms. The first-order chi connectivity index (χ1) is 15.2. The monoisotopic (exact) mass is 429 g/mol. The van der Waals surface area contributed by atoms with Crippen molar-refractivity contribution in [2.24, 2.45) is 0 Å². The minimum absolute atomic E-state index is 0.413. The second-order valence-electron chi connectivity index (χ2n) is 9.54.